The first-order valence-electron chi connectivity index (χ1n) is 16.6. The number of benzene rings is 2. The van der Waals surface area contributed by atoms with Crippen molar-refractivity contribution in [3.8, 4) is 0 Å². The van der Waals surface area contributed by atoms with Crippen molar-refractivity contribution in [3.05, 3.63) is 69.5 Å². The lowest BCUT2D eigenvalue weighted by molar-refractivity contribution is -0.120. The lowest BCUT2D eigenvalue weighted by atomic mass is 9.86. The number of rotatable bonds is 21. The minimum absolute atomic E-state index is 0.0157. The minimum atomic E-state index is -1.01. The highest BCUT2D eigenvalue weighted by molar-refractivity contribution is 6.25. The molecular weight excluding hydrogens is 555 g/mol. The lowest BCUT2D eigenvalue weighted by Gasteiger charge is -2.24. The molecule has 2 aromatic rings. The van der Waals surface area contributed by atoms with E-state index in [9.17, 15) is 23.9 Å². The standard InChI is InChI=1S/C37H51FN2O4/c1-4-6-8-10-12-14-18-40(19-15-13-11-9-7-5-2)26-30-20-28(37(43)44)17-16-27(30)23-35(41)33-22-29-21-31(38)24-34(39-3)32(29)25-36(33)42/h16-17,20-22,24,39H,4-15,18-19,23,25-26H2,1-3H3,(H,43,44). The molecule has 0 saturated carbocycles. The number of nitrogens with one attached hydrogen (secondary N) is 1. The zero-order valence-electron chi connectivity index (χ0n) is 27.0. The van der Waals surface area contributed by atoms with Gasteiger partial charge in [0.2, 0.25) is 0 Å². The molecule has 0 radical (unpaired) electrons. The average Bonchev–Trinajstić information content (AvgIpc) is 3.00. The number of hydrogen-bond acceptors (Lipinski definition) is 5. The molecule has 3 rings (SSSR count). The van der Waals surface area contributed by atoms with Gasteiger partial charge in [0.05, 0.1) is 11.1 Å². The number of unbranched alkanes of at least 4 members (excludes halogenated alkanes) is 10. The van der Waals surface area contributed by atoms with Gasteiger partial charge in [0.25, 0.3) is 0 Å². The summed E-state index contributed by atoms with van der Waals surface area (Å²) >= 11 is 0. The molecule has 7 heteroatoms. The Balaban J connectivity index is 1.80. The van der Waals surface area contributed by atoms with Crippen LogP contribution in [0.25, 0.3) is 6.08 Å². The number of nitrogens with zero attached hydrogens (tertiary/aromatic N) is 1. The fourth-order valence-electron chi connectivity index (χ4n) is 6.02. The lowest BCUT2D eigenvalue weighted by Crippen LogP contribution is -2.27. The zero-order valence-corrected chi connectivity index (χ0v) is 27.0. The van der Waals surface area contributed by atoms with E-state index in [4.69, 9.17) is 0 Å². The van der Waals surface area contributed by atoms with Crippen molar-refractivity contribution in [1.29, 1.82) is 0 Å². The predicted octanol–water partition coefficient (Wildman–Crippen LogP) is 8.41. The maximum absolute atomic E-state index is 14.2. The second kappa shape index (κ2) is 18.5. The van der Waals surface area contributed by atoms with E-state index in [0.717, 1.165) is 37.1 Å². The first kappa shape index (κ1) is 35.2. The second-order valence-electron chi connectivity index (χ2n) is 12.1. The molecule has 0 amide bonds. The maximum atomic E-state index is 14.2. The molecule has 1 aliphatic rings. The average molecular weight is 607 g/mol. The molecule has 0 bridgehead atoms. The van der Waals surface area contributed by atoms with Gasteiger partial charge < -0.3 is 10.4 Å². The second-order valence-corrected chi connectivity index (χ2v) is 12.1. The molecule has 1 aliphatic carbocycles. The highest BCUT2D eigenvalue weighted by Gasteiger charge is 2.27. The zero-order chi connectivity index (χ0) is 31.9. The van der Waals surface area contributed by atoms with Crippen molar-refractivity contribution < 1.29 is 23.9 Å². The highest BCUT2D eigenvalue weighted by atomic mass is 19.1. The van der Waals surface area contributed by atoms with Gasteiger partial charge in [-0.25, -0.2) is 9.18 Å². The van der Waals surface area contributed by atoms with E-state index in [1.165, 1.54) is 88.5 Å². The van der Waals surface area contributed by atoms with Crippen LogP contribution < -0.4 is 5.32 Å². The van der Waals surface area contributed by atoms with Gasteiger partial charge in [-0.3, -0.25) is 14.5 Å². The van der Waals surface area contributed by atoms with Crippen molar-refractivity contribution in [2.45, 2.75) is 110 Å². The van der Waals surface area contributed by atoms with Crippen LogP contribution in [0, 0.1) is 5.82 Å². The van der Waals surface area contributed by atoms with Crippen LogP contribution in [0.15, 0.2) is 35.9 Å². The van der Waals surface area contributed by atoms with Crippen LogP contribution in [0.4, 0.5) is 10.1 Å². The van der Waals surface area contributed by atoms with Crippen LogP contribution in [-0.4, -0.2) is 47.7 Å². The minimum Gasteiger partial charge on any atom is -0.478 e. The Hall–Kier alpha value is -3.32. The summed E-state index contributed by atoms with van der Waals surface area (Å²) < 4.78 is 14.2. The summed E-state index contributed by atoms with van der Waals surface area (Å²) in [6.07, 6.45) is 15.9. The molecule has 6 nitrogen and oxygen atoms in total. The fourth-order valence-corrected chi connectivity index (χ4v) is 6.02. The number of carbonyl (C=O) groups is 3. The predicted molar refractivity (Wildman–Crippen MR) is 177 cm³/mol. The van der Waals surface area contributed by atoms with Crippen LogP contribution in [0.3, 0.4) is 0 Å². The molecule has 2 N–H and O–H groups in total. The van der Waals surface area contributed by atoms with Gasteiger partial charge in [-0.2, -0.15) is 0 Å². The molecule has 240 valence electrons. The maximum Gasteiger partial charge on any atom is 0.335 e. The molecule has 0 heterocycles. The summed E-state index contributed by atoms with van der Waals surface area (Å²) in [6, 6.07) is 7.63. The van der Waals surface area contributed by atoms with E-state index in [1.54, 1.807) is 19.2 Å². The van der Waals surface area contributed by atoms with E-state index in [2.05, 4.69) is 24.1 Å². The summed E-state index contributed by atoms with van der Waals surface area (Å²) in [5.74, 6) is -2.07. The first-order valence-corrected chi connectivity index (χ1v) is 16.6. The number of carboxylic acid groups (broad SMARTS) is 1. The Morgan fingerprint density at radius 3 is 2.07 bits per heavy atom. The Morgan fingerprint density at radius 2 is 1.48 bits per heavy atom. The Kier molecular flexibility index (Phi) is 14.8. The van der Waals surface area contributed by atoms with Crippen molar-refractivity contribution in [3.63, 3.8) is 0 Å². The van der Waals surface area contributed by atoms with Gasteiger partial charge >= 0.3 is 5.97 Å². The highest BCUT2D eigenvalue weighted by Crippen LogP contribution is 2.30. The Bertz CT molecular complexity index is 1290. The van der Waals surface area contributed by atoms with E-state index >= 15 is 0 Å². The monoisotopic (exact) mass is 606 g/mol. The third-order valence-corrected chi connectivity index (χ3v) is 8.61. The van der Waals surface area contributed by atoms with Gasteiger partial charge in [0.15, 0.2) is 11.6 Å². The smallest absolute Gasteiger partial charge is 0.335 e. The summed E-state index contributed by atoms with van der Waals surface area (Å²) in [6.45, 7) is 6.83. The molecule has 44 heavy (non-hydrogen) atoms. The van der Waals surface area contributed by atoms with Gasteiger partial charge in [-0.15, -0.1) is 0 Å². The van der Waals surface area contributed by atoms with Crippen molar-refractivity contribution in [2.75, 3.05) is 25.5 Å². The number of aromatic carboxylic acids is 1. The Labute approximate surface area is 263 Å². The third kappa shape index (κ3) is 10.7. The molecule has 0 unspecified atom stereocenters. The quantitative estimate of drug-likeness (QED) is 0.110. The first-order chi connectivity index (χ1) is 21.3. The third-order valence-electron chi connectivity index (χ3n) is 8.61. The molecule has 0 saturated heterocycles. The van der Waals surface area contributed by atoms with Gasteiger partial charge in [-0.05, 0) is 78.5 Å². The summed E-state index contributed by atoms with van der Waals surface area (Å²) in [7, 11) is 1.68. The molecular formula is C37H51FN2O4. The summed E-state index contributed by atoms with van der Waals surface area (Å²) in [4.78, 5) is 40.9. The molecule has 0 atom stereocenters. The molecule has 0 fully saturated rings. The number of allylic oxidation sites excluding steroid dienone is 1. The number of fused-ring (bicyclic) bond motifs is 1. The van der Waals surface area contributed by atoms with Gasteiger partial charge in [-0.1, -0.05) is 84.1 Å². The number of hydrogen-bond donors (Lipinski definition) is 2. The number of anilines is 1. The Morgan fingerprint density at radius 1 is 0.864 bits per heavy atom. The van der Waals surface area contributed by atoms with E-state index in [1.807, 2.05) is 0 Å². The number of ketones is 2. The number of halogens is 1. The topological polar surface area (TPSA) is 86.7 Å². The van der Waals surface area contributed by atoms with Crippen LogP contribution in [0.5, 0.6) is 0 Å². The van der Waals surface area contributed by atoms with E-state index < -0.39 is 11.8 Å². The SMILES string of the molecule is CCCCCCCCN(CCCCCCCC)Cc1cc(C(=O)O)ccc1CC(=O)C1=Cc2cc(F)cc(NC)c2CC1=O. The van der Waals surface area contributed by atoms with Crippen LogP contribution in [-0.2, 0) is 29.0 Å². The fraction of sp³-hybridized carbons (Fsp3) is 0.541. The van der Waals surface area contributed by atoms with E-state index in [0.29, 0.717) is 23.4 Å². The number of Topliss-reactive ketones (excluding diaryl/α,β-unsaturated/α-hetero) is 2. The number of carboxylic acids is 1. The molecule has 2 aromatic carbocycles. The van der Waals surface area contributed by atoms with Crippen LogP contribution in [0.1, 0.15) is 124 Å². The largest absolute Gasteiger partial charge is 0.478 e. The van der Waals surface area contributed by atoms with Crippen LogP contribution in [0.2, 0.25) is 0 Å². The summed E-state index contributed by atoms with van der Waals surface area (Å²) in [5.41, 5.74) is 3.54. The van der Waals surface area contributed by atoms with Crippen molar-refractivity contribution in [1.82, 2.24) is 4.90 Å². The van der Waals surface area contributed by atoms with Gasteiger partial charge in [0.1, 0.15) is 5.82 Å². The van der Waals surface area contributed by atoms with E-state index in [-0.39, 0.29) is 35.5 Å². The van der Waals surface area contributed by atoms with Gasteiger partial charge in [0, 0.05) is 32.1 Å². The molecule has 0 aliphatic heterocycles. The molecule has 0 aromatic heterocycles. The molecule has 0 spiro atoms. The van der Waals surface area contributed by atoms with Crippen LogP contribution >= 0.6 is 0 Å². The number of carbonyl (C=O) groups excluding carboxylic acids is 2. The summed E-state index contributed by atoms with van der Waals surface area (Å²) in [5, 5.41) is 12.7. The normalized spacial score (nSPS) is 12.8. The van der Waals surface area contributed by atoms with Crippen molar-refractivity contribution >= 4 is 29.3 Å². The van der Waals surface area contributed by atoms with Crippen molar-refractivity contribution in [2.24, 2.45) is 0 Å².